The third-order valence-corrected chi connectivity index (χ3v) is 9.66. The minimum atomic E-state index is 1.12. The fourth-order valence-electron chi connectivity index (χ4n) is 7.39. The lowest BCUT2D eigenvalue weighted by Crippen LogP contribution is -2.12. The first-order chi connectivity index (χ1) is 24.3. The van der Waals surface area contributed by atoms with Gasteiger partial charge in [0.2, 0.25) is 0 Å². The first-order valence-electron chi connectivity index (χ1n) is 16.9. The fraction of sp³-hybridized carbons (Fsp3) is 0. The van der Waals surface area contributed by atoms with E-state index in [1.165, 1.54) is 65.7 Å². The van der Waals surface area contributed by atoms with Crippen molar-refractivity contribution in [3.05, 3.63) is 200 Å². The highest BCUT2D eigenvalue weighted by Crippen LogP contribution is 2.47. The van der Waals surface area contributed by atoms with E-state index in [1.54, 1.807) is 0 Å². The molecule has 9 aromatic carbocycles. The quantitative estimate of drug-likeness (QED) is 0.167. The van der Waals surface area contributed by atoms with Crippen molar-refractivity contribution in [2.45, 2.75) is 0 Å². The zero-order chi connectivity index (χ0) is 32.6. The second-order valence-corrected chi connectivity index (χ2v) is 12.5. The lowest BCUT2D eigenvalue weighted by Gasteiger charge is -2.30. The van der Waals surface area contributed by atoms with Crippen LogP contribution in [-0.4, -0.2) is 0 Å². The molecule has 0 saturated carbocycles. The third-order valence-electron chi connectivity index (χ3n) is 9.66. The number of rotatable bonds is 6. The predicted molar refractivity (Wildman–Crippen MR) is 210 cm³/mol. The van der Waals surface area contributed by atoms with Gasteiger partial charge in [-0.05, 0) is 79.0 Å². The van der Waals surface area contributed by atoms with E-state index in [0.717, 1.165) is 17.1 Å². The first kappa shape index (κ1) is 28.8. The minimum Gasteiger partial charge on any atom is -0.309 e. The van der Waals surface area contributed by atoms with E-state index in [2.05, 4.69) is 205 Å². The minimum absolute atomic E-state index is 1.12. The Kier molecular flexibility index (Phi) is 7.22. The van der Waals surface area contributed by atoms with E-state index in [0.29, 0.717) is 0 Å². The van der Waals surface area contributed by atoms with Crippen LogP contribution in [0.4, 0.5) is 17.1 Å². The number of anilines is 3. The molecule has 1 heteroatoms. The van der Waals surface area contributed by atoms with Gasteiger partial charge in [0.05, 0.1) is 11.4 Å². The highest BCUT2D eigenvalue weighted by molar-refractivity contribution is 6.10. The Bertz CT molecular complexity index is 2610. The molecule has 1 nitrogen and oxygen atoms in total. The summed E-state index contributed by atoms with van der Waals surface area (Å²) in [5, 5.41) is 7.43. The van der Waals surface area contributed by atoms with E-state index >= 15 is 0 Å². The lowest BCUT2D eigenvalue weighted by molar-refractivity contribution is 1.30. The Labute approximate surface area is 287 Å². The molecule has 0 radical (unpaired) electrons. The van der Waals surface area contributed by atoms with Gasteiger partial charge in [-0.25, -0.2) is 0 Å². The van der Waals surface area contributed by atoms with Gasteiger partial charge in [0.25, 0.3) is 0 Å². The summed E-state index contributed by atoms with van der Waals surface area (Å²) in [5.74, 6) is 0. The van der Waals surface area contributed by atoms with Crippen LogP contribution in [0.15, 0.2) is 200 Å². The van der Waals surface area contributed by atoms with Gasteiger partial charge in [0.1, 0.15) is 0 Å². The number of benzene rings is 9. The molecular weight excluding hydrogens is 591 g/mol. The molecule has 0 aliphatic rings. The van der Waals surface area contributed by atoms with Crippen LogP contribution in [0, 0.1) is 0 Å². The number of fused-ring (bicyclic) bond motifs is 4. The highest BCUT2D eigenvalue weighted by atomic mass is 15.1. The molecule has 0 atom stereocenters. The Balaban J connectivity index is 1.29. The molecule has 0 heterocycles. The van der Waals surface area contributed by atoms with Crippen molar-refractivity contribution in [1.29, 1.82) is 0 Å². The molecule has 0 spiro atoms. The SMILES string of the molecule is c1ccc(-c2ccccc2-c2ccccc2-c2ccccc2N(c2ccc3c(ccc4ccccc43)c2)c2cccc3ccccc23)cc1. The average Bonchev–Trinajstić information content (AvgIpc) is 3.18. The van der Waals surface area contributed by atoms with E-state index in [-0.39, 0.29) is 0 Å². The zero-order valence-corrected chi connectivity index (χ0v) is 27.0. The molecule has 0 N–H and O–H groups in total. The highest BCUT2D eigenvalue weighted by Gasteiger charge is 2.21. The number of para-hydroxylation sites is 1. The Morgan fingerprint density at radius 1 is 0.265 bits per heavy atom. The molecule has 9 aromatic rings. The van der Waals surface area contributed by atoms with E-state index < -0.39 is 0 Å². The molecule has 0 fully saturated rings. The number of nitrogens with zero attached hydrogens (tertiary/aromatic N) is 1. The summed E-state index contributed by atoms with van der Waals surface area (Å²) in [6.07, 6.45) is 0. The maximum Gasteiger partial charge on any atom is 0.0540 e. The van der Waals surface area contributed by atoms with Crippen molar-refractivity contribution >= 4 is 49.4 Å². The monoisotopic (exact) mass is 623 g/mol. The molecule has 0 aromatic heterocycles. The molecule has 0 aliphatic heterocycles. The second-order valence-electron chi connectivity index (χ2n) is 12.5. The van der Waals surface area contributed by atoms with Gasteiger partial charge in [0, 0.05) is 16.6 Å². The fourth-order valence-corrected chi connectivity index (χ4v) is 7.39. The second kappa shape index (κ2) is 12.3. The maximum absolute atomic E-state index is 2.45. The summed E-state index contributed by atoms with van der Waals surface area (Å²) in [7, 11) is 0. The maximum atomic E-state index is 2.45. The van der Waals surface area contributed by atoms with Crippen LogP contribution in [-0.2, 0) is 0 Å². The Morgan fingerprint density at radius 3 is 1.53 bits per heavy atom. The standard InChI is InChI=1S/C48H33N/c1-2-15-34(16-3-1)40-21-8-9-23-43(40)44-24-10-11-25-45(44)46-26-12-13-27-48(46)49(47-28-14-19-35-17-5-7-22-42(35)47)38-31-32-41-37(33-38)30-29-36-18-4-6-20-39(36)41/h1-33H. The van der Waals surface area contributed by atoms with Gasteiger partial charge in [0.15, 0.2) is 0 Å². The summed E-state index contributed by atoms with van der Waals surface area (Å²) in [6, 6.07) is 72.5. The summed E-state index contributed by atoms with van der Waals surface area (Å²) in [6.45, 7) is 0. The molecule has 0 bridgehead atoms. The van der Waals surface area contributed by atoms with Crippen molar-refractivity contribution in [3.63, 3.8) is 0 Å². The van der Waals surface area contributed by atoms with Gasteiger partial charge in [-0.3, -0.25) is 0 Å². The van der Waals surface area contributed by atoms with Crippen LogP contribution < -0.4 is 4.90 Å². The molecule has 0 unspecified atom stereocenters. The predicted octanol–water partition coefficient (Wildman–Crippen LogP) is 13.6. The lowest BCUT2D eigenvalue weighted by atomic mass is 9.88. The molecule has 49 heavy (non-hydrogen) atoms. The van der Waals surface area contributed by atoms with Crippen molar-refractivity contribution in [2.24, 2.45) is 0 Å². The van der Waals surface area contributed by atoms with Crippen LogP contribution >= 0.6 is 0 Å². The average molecular weight is 624 g/mol. The Hall–Kier alpha value is -6.44. The molecule has 9 rings (SSSR count). The molecule has 230 valence electrons. The van der Waals surface area contributed by atoms with E-state index in [9.17, 15) is 0 Å². The van der Waals surface area contributed by atoms with Crippen LogP contribution in [0.5, 0.6) is 0 Å². The summed E-state index contributed by atoms with van der Waals surface area (Å²) >= 11 is 0. The van der Waals surface area contributed by atoms with Gasteiger partial charge in [-0.2, -0.15) is 0 Å². The topological polar surface area (TPSA) is 3.24 Å². The van der Waals surface area contributed by atoms with E-state index in [4.69, 9.17) is 0 Å². The van der Waals surface area contributed by atoms with Crippen molar-refractivity contribution in [3.8, 4) is 33.4 Å². The molecule has 0 saturated heterocycles. The Morgan fingerprint density at radius 2 is 0.755 bits per heavy atom. The van der Waals surface area contributed by atoms with Crippen LogP contribution in [0.25, 0.3) is 65.7 Å². The molecule has 0 aliphatic carbocycles. The van der Waals surface area contributed by atoms with Crippen molar-refractivity contribution in [2.75, 3.05) is 4.90 Å². The normalized spacial score (nSPS) is 11.3. The van der Waals surface area contributed by atoms with Gasteiger partial charge >= 0.3 is 0 Å². The van der Waals surface area contributed by atoms with Crippen LogP contribution in [0.2, 0.25) is 0 Å². The van der Waals surface area contributed by atoms with Gasteiger partial charge in [-0.1, -0.05) is 176 Å². The smallest absolute Gasteiger partial charge is 0.0540 e. The van der Waals surface area contributed by atoms with Crippen LogP contribution in [0.1, 0.15) is 0 Å². The third kappa shape index (κ3) is 5.13. The molecular formula is C48H33N. The van der Waals surface area contributed by atoms with Crippen molar-refractivity contribution in [1.82, 2.24) is 0 Å². The van der Waals surface area contributed by atoms with Gasteiger partial charge < -0.3 is 4.90 Å². The summed E-state index contributed by atoms with van der Waals surface area (Å²) in [4.78, 5) is 2.45. The van der Waals surface area contributed by atoms with Crippen LogP contribution in [0.3, 0.4) is 0 Å². The summed E-state index contributed by atoms with van der Waals surface area (Å²) < 4.78 is 0. The zero-order valence-electron chi connectivity index (χ0n) is 27.0. The van der Waals surface area contributed by atoms with Gasteiger partial charge in [-0.15, -0.1) is 0 Å². The van der Waals surface area contributed by atoms with E-state index in [1.807, 2.05) is 0 Å². The number of hydrogen-bond acceptors (Lipinski definition) is 1. The first-order valence-corrected chi connectivity index (χ1v) is 16.9. The van der Waals surface area contributed by atoms with Crippen molar-refractivity contribution < 1.29 is 0 Å². The summed E-state index contributed by atoms with van der Waals surface area (Å²) in [5.41, 5.74) is 10.6. The number of hydrogen-bond donors (Lipinski definition) is 0. The largest absolute Gasteiger partial charge is 0.309 e. The molecule has 0 amide bonds.